The number of phenols is 1. The van der Waals surface area contributed by atoms with Gasteiger partial charge in [0.15, 0.2) is 5.65 Å². The highest BCUT2D eigenvalue weighted by Crippen LogP contribution is 2.51. The molecule has 2 aromatic heterocycles. The number of carbonyl (C=O) groups excluding carboxylic acids is 1. The molecule has 0 atom stereocenters. The summed E-state index contributed by atoms with van der Waals surface area (Å²) in [6, 6.07) is 5.61. The zero-order valence-electron chi connectivity index (χ0n) is 14.1. The molecule has 0 amide bonds. The van der Waals surface area contributed by atoms with E-state index in [1.165, 1.54) is 28.9 Å². The predicted molar refractivity (Wildman–Crippen MR) is 91.5 cm³/mol. The summed E-state index contributed by atoms with van der Waals surface area (Å²) in [6.45, 7) is 1.99. The van der Waals surface area contributed by atoms with Crippen molar-refractivity contribution in [1.82, 2.24) is 14.6 Å². The van der Waals surface area contributed by atoms with E-state index < -0.39 is 17.3 Å². The molecule has 1 aliphatic carbocycles. The van der Waals surface area contributed by atoms with E-state index in [4.69, 9.17) is 4.74 Å². The number of halogens is 1. The quantitative estimate of drug-likeness (QED) is 0.684. The van der Waals surface area contributed by atoms with Crippen LogP contribution in [0.25, 0.3) is 5.65 Å². The molecule has 1 aromatic carbocycles. The van der Waals surface area contributed by atoms with Crippen LogP contribution in [-0.2, 0) is 10.3 Å². The van der Waals surface area contributed by atoms with E-state index in [9.17, 15) is 14.3 Å². The fourth-order valence-electron chi connectivity index (χ4n) is 3.01. The highest BCUT2D eigenvalue weighted by molar-refractivity contribution is 5.95. The standard InChI is InChI=1S/C18H17FN4O3/c1-2-26-17(25)12-10-20-23-8-5-15(21-16(12)23)22-18(6-7-18)13-9-11(19)3-4-14(13)24/h3-5,8-10,24H,2,6-7H2,1H3,(H,21,22). The van der Waals surface area contributed by atoms with E-state index in [1.807, 2.05) is 0 Å². The number of fused-ring (bicyclic) bond motifs is 1. The molecular formula is C18H17FN4O3. The lowest BCUT2D eigenvalue weighted by Gasteiger charge is -2.20. The van der Waals surface area contributed by atoms with E-state index in [0.29, 0.717) is 17.0 Å². The predicted octanol–water partition coefficient (Wildman–Crippen LogP) is 2.85. The van der Waals surface area contributed by atoms with Crippen molar-refractivity contribution in [3.05, 3.63) is 53.6 Å². The lowest BCUT2D eigenvalue weighted by Crippen LogP contribution is -2.20. The maximum absolute atomic E-state index is 13.6. The molecule has 0 radical (unpaired) electrons. The minimum Gasteiger partial charge on any atom is -0.508 e. The number of esters is 1. The van der Waals surface area contributed by atoms with Crippen LogP contribution in [0.2, 0.25) is 0 Å². The molecule has 26 heavy (non-hydrogen) atoms. The second kappa shape index (κ2) is 5.98. The fraction of sp³-hybridized carbons (Fsp3) is 0.278. The van der Waals surface area contributed by atoms with E-state index in [0.717, 1.165) is 12.8 Å². The number of aromatic hydroxyl groups is 1. The van der Waals surface area contributed by atoms with Crippen LogP contribution in [0.15, 0.2) is 36.7 Å². The third kappa shape index (κ3) is 2.73. The van der Waals surface area contributed by atoms with Gasteiger partial charge in [0.1, 0.15) is 22.9 Å². The Kier molecular flexibility index (Phi) is 3.75. The minimum absolute atomic E-state index is 0.0362. The van der Waals surface area contributed by atoms with Gasteiger partial charge in [-0.05, 0) is 44.0 Å². The second-order valence-electron chi connectivity index (χ2n) is 6.23. The number of anilines is 1. The number of rotatable bonds is 5. The SMILES string of the molecule is CCOC(=O)c1cnn2ccc(NC3(c4cc(F)ccc4O)CC3)nc12. The lowest BCUT2D eigenvalue weighted by molar-refractivity contribution is 0.0528. The van der Waals surface area contributed by atoms with Crippen LogP contribution in [-0.4, -0.2) is 32.3 Å². The van der Waals surface area contributed by atoms with Gasteiger partial charge >= 0.3 is 5.97 Å². The normalized spacial score (nSPS) is 15.0. The molecule has 8 heteroatoms. The summed E-state index contributed by atoms with van der Waals surface area (Å²) in [4.78, 5) is 16.5. The highest BCUT2D eigenvalue weighted by Gasteiger charge is 2.46. The number of ether oxygens (including phenoxy) is 1. The smallest absolute Gasteiger partial charge is 0.343 e. The van der Waals surface area contributed by atoms with E-state index in [-0.39, 0.29) is 17.9 Å². The molecule has 0 aliphatic heterocycles. The maximum atomic E-state index is 13.6. The number of nitrogens with zero attached hydrogens (tertiary/aromatic N) is 3. The third-order valence-corrected chi connectivity index (χ3v) is 4.46. The van der Waals surface area contributed by atoms with Crippen molar-refractivity contribution in [3.63, 3.8) is 0 Å². The highest BCUT2D eigenvalue weighted by atomic mass is 19.1. The van der Waals surface area contributed by atoms with Gasteiger partial charge in [-0.2, -0.15) is 5.10 Å². The summed E-state index contributed by atoms with van der Waals surface area (Å²) in [5.41, 5.74) is 0.571. The van der Waals surface area contributed by atoms with Crippen molar-refractivity contribution in [2.75, 3.05) is 11.9 Å². The molecule has 1 saturated carbocycles. The molecule has 0 spiro atoms. The van der Waals surface area contributed by atoms with Gasteiger partial charge in [0.05, 0.1) is 18.3 Å². The molecule has 3 aromatic rings. The van der Waals surface area contributed by atoms with Crippen molar-refractivity contribution in [1.29, 1.82) is 0 Å². The molecule has 0 unspecified atom stereocenters. The van der Waals surface area contributed by atoms with Crippen LogP contribution in [0.5, 0.6) is 5.75 Å². The monoisotopic (exact) mass is 356 g/mol. The first-order valence-corrected chi connectivity index (χ1v) is 8.31. The first-order chi connectivity index (χ1) is 12.5. The van der Waals surface area contributed by atoms with Crippen LogP contribution >= 0.6 is 0 Å². The maximum Gasteiger partial charge on any atom is 0.343 e. The van der Waals surface area contributed by atoms with Crippen molar-refractivity contribution in [2.45, 2.75) is 25.3 Å². The molecule has 1 fully saturated rings. The van der Waals surface area contributed by atoms with E-state index in [1.54, 1.807) is 19.2 Å². The Morgan fingerprint density at radius 1 is 1.42 bits per heavy atom. The van der Waals surface area contributed by atoms with Gasteiger partial charge < -0.3 is 15.2 Å². The molecule has 134 valence electrons. The molecular weight excluding hydrogens is 339 g/mol. The number of carbonyl (C=O) groups is 1. The first kappa shape index (κ1) is 16.3. The topological polar surface area (TPSA) is 88.8 Å². The van der Waals surface area contributed by atoms with Crippen LogP contribution in [0.4, 0.5) is 10.2 Å². The Hall–Kier alpha value is -3.16. The second-order valence-corrected chi connectivity index (χ2v) is 6.23. The summed E-state index contributed by atoms with van der Waals surface area (Å²) in [5, 5.41) is 17.5. The Morgan fingerprint density at radius 2 is 2.23 bits per heavy atom. The van der Waals surface area contributed by atoms with Crippen molar-refractivity contribution >= 4 is 17.4 Å². The van der Waals surface area contributed by atoms with Crippen LogP contribution in [0.3, 0.4) is 0 Å². The Labute approximate surface area is 148 Å². The number of aromatic nitrogens is 3. The number of phenolic OH excluding ortho intramolecular Hbond substituents is 1. The number of hydrogen-bond acceptors (Lipinski definition) is 6. The molecule has 4 rings (SSSR count). The van der Waals surface area contributed by atoms with Gasteiger partial charge in [-0.3, -0.25) is 0 Å². The molecule has 7 nitrogen and oxygen atoms in total. The van der Waals surface area contributed by atoms with E-state index in [2.05, 4.69) is 15.4 Å². The van der Waals surface area contributed by atoms with Gasteiger partial charge in [0.25, 0.3) is 0 Å². The molecule has 2 N–H and O–H groups in total. The average molecular weight is 356 g/mol. The molecule has 0 bridgehead atoms. The van der Waals surface area contributed by atoms with Gasteiger partial charge in [0, 0.05) is 11.8 Å². The summed E-state index contributed by atoms with van der Waals surface area (Å²) >= 11 is 0. The molecule has 0 saturated heterocycles. The summed E-state index contributed by atoms with van der Waals surface area (Å²) < 4.78 is 20.1. The number of benzene rings is 1. The molecule has 2 heterocycles. The third-order valence-electron chi connectivity index (χ3n) is 4.46. The van der Waals surface area contributed by atoms with Crippen molar-refractivity contribution in [3.8, 4) is 5.75 Å². The summed E-state index contributed by atoms with van der Waals surface area (Å²) in [5.74, 6) is -0.357. The van der Waals surface area contributed by atoms with Gasteiger partial charge in [-0.25, -0.2) is 18.7 Å². The van der Waals surface area contributed by atoms with Gasteiger partial charge in [-0.1, -0.05) is 0 Å². The molecule has 1 aliphatic rings. The van der Waals surface area contributed by atoms with Crippen LogP contribution < -0.4 is 5.32 Å². The zero-order valence-corrected chi connectivity index (χ0v) is 14.1. The average Bonchev–Trinajstić information content (AvgIpc) is 3.27. The van der Waals surface area contributed by atoms with E-state index >= 15 is 0 Å². The Bertz CT molecular complexity index is 997. The summed E-state index contributed by atoms with van der Waals surface area (Å²) in [7, 11) is 0. The first-order valence-electron chi connectivity index (χ1n) is 8.31. The van der Waals surface area contributed by atoms with Crippen molar-refractivity contribution < 1.29 is 19.0 Å². The van der Waals surface area contributed by atoms with Gasteiger partial charge in [-0.15, -0.1) is 0 Å². The van der Waals surface area contributed by atoms with Gasteiger partial charge in [0.2, 0.25) is 0 Å². The van der Waals surface area contributed by atoms with Crippen LogP contribution in [0, 0.1) is 5.82 Å². The Balaban J connectivity index is 1.68. The lowest BCUT2D eigenvalue weighted by atomic mass is 10.0. The summed E-state index contributed by atoms with van der Waals surface area (Å²) in [6.07, 6.45) is 4.56. The van der Waals surface area contributed by atoms with Crippen LogP contribution in [0.1, 0.15) is 35.7 Å². The fourth-order valence-corrected chi connectivity index (χ4v) is 3.01. The number of hydrogen-bond donors (Lipinski definition) is 2. The minimum atomic E-state index is -0.568. The zero-order chi connectivity index (χ0) is 18.3. The largest absolute Gasteiger partial charge is 0.508 e. The number of nitrogens with one attached hydrogen (secondary N) is 1. The van der Waals surface area contributed by atoms with Crippen molar-refractivity contribution in [2.24, 2.45) is 0 Å². The Morgan fingerprint density at radius 3 is 2.96 bits per heavy atom.